The molecule has 0 aromatic heterocycles. The second-order valence-electron chi connectivity index (χ2n) is 2.67. The van der Waals surface area contributed by atoms with Crippen LogP contribution in [-0.4, -0.2) is 35.9 Å². The third-order valence-electron chi connectivity index (χ3n) is 1.31. The highest BCUT2D eigenvalue weighted by atomic mass is 16.4. The molecule has 4 heteroatoms. The highest BCUT2D eigenvalue weighted by molar-refractivity contribution is 5.69. The fraction of sp³-hybridized carbons (Fsp3) is 0.333. The molecule has 0 atom stereocenters. The van der Waals surface area contributed by atoms with Crippen LogP contribution in [0.15, 0.2) is 23.9 Å². The summed E-state index contributed by atoms with van der Waals surface area (Å²) in [6.07, 6.45) is 5.39. The Morgan fingerprint density at radius 2 is 2.15 bits per heavy atom. The summed E-state index contributed by atoms with van der Waals surface area (Å²) in [5.41, 5.74) is 0.784. The van der Waals surface area contributed by atoms with Crippen LogP contribution in [0.5, 0.6) is 0 Å². The largest absolute Gasteiger partial charge is 0.480 e. The fourth-order valence-electron chi connectivity index (χ4n) is 0.674. The van der Waals surface area contributed by atoms with Crippen LogP contribution in [0.25, 0.3) is 0 Å². The molecule has 0 aliphatic carbocycles. The van der Waals surface area contributed by atoms with Crippen LogP contribution < -0.4 is 0 Å². The summed E-state index contributed by atoms with van der Waals surface area (Å²) in [4.78, 5) is 21.8. The van der Waals surface area contributed by atoms with Crippen LogP contribution in [0.2, 0.25) is 0 Å². The van der Waals surface area contributed by atoms with Gasteiger partial charge in [0.1, 0.15) is 12.8 Å². The van der Waals surface area contributed by atoms with E-state index in [4.69, 9.17) is 5.11 Å². The van der Waals surface area contributed by atoms with E-state index in [1.807, 2.05) is 0 Å². The number of carbonyl (C=O) groups excluding carboxylic acids is 1. The normalized spacial score (nSPS) is 11.7. The van der Waals surface area contributed by atoms with Gasteiger partial charge in [-0.25, -0.2) is 0 Å². The Kier molecular flexibility index (Phi) is 5.27. The lowest BCUT2D eigenvalue weighted by atomic mass is 10.3. The van der Waals surface area contributed by atoms with Crippen LogP contribution >= 0.6 is 0 Å². The predicted molar refractivity (Wildman–Crippen MR) is 49.2 cm³/mol. The van der Waals surface area contributed by atoms with E-state index in [2.05, 4.69) is 0 Å². The number of aldehydes is 1. The van der Waals surface area contributed by atoms with Gasteiger partial charge >= 0.3 is 5.97 Å². The minimum Gasteiger partial charge on any atom is -0.480 e. The van der Waals surface area contributed by atoms with E-state index in [0.717, 1.165) is 5.57 Å². The Balaban J connectivity index is 4.03. The van der Waals surface area contributed by atoms with Gasteiger partial charge in [-0.3, -0.25) is 9.59 Å². The molecule has 13 heavy (non-hydrogen) atoms. The molecule has 0 heterocycles. The average molecular weight is 183 g/mol. The lowest BCUT2D eigenvalue weighted by Gasteiger charge is -2.09. The molecule has 0 bridgehead atoms. The van der Waals surface area contributed by atoms with Gasteiger partial charge < -0.3 is 10.0 Å². The predicted octanol–water partition coefficient (Wildman–Crippen LogP) is 0.662. The molecule has 1 N–H and O–H groups in total. The minimum absolute atomic E-state index is 0.0507. The number of rotatable bonds is 5. The van der Waals surface area contributed by atoms with Gasteiger partial charge in [0.2, 0.25) is 0 Å². The van der Waals surface area contributed by atoms with Gasteiger partial charge in [0, 0.05) is 7.05 Å². The Labute approximate surface area is 77.2 Å². The van der Waals surface area contributed by atoms with E-state index in [9.17, 15) is 9.59 Å². The monoisotopic (exact) mass is 183 g/mol. The number of hydrogen-bond acceptors (Lipinski definition) is 3. The molecular weight excluding hydrogens is 170 g/mol. The van der Waals surface area contributed by atoms with Crippen LogP contribution in [0.4, 0.5) is 0 Å². The summed E-state index contributed by atoms with van der Waals surface area (Å²) in [6, 6.07) is 0. The summed E-state index contributed by atoms with van der Waals surface area (Å²) in [5.74, 6) is -0.885. The van der Waals surface area contributed by atoms with Gasteiger partial charge in [-0.05, 0) is 30.8 Å². The molecular formula is C9H13NO3. The third kappa shape index (κ3) is 6.80. The molecule has 0 saturated carbocycles. The van der Waals surface area contributed by atoms with Crippen LogP contribution in [0.3, 0.4) is 0 Å². The van der Waals surface area contributed by atoms with Gasteiger partial charge in [-0.2, -0.15) is 0 Å². The zero-order valence-electron chi connectivity index (χ0n) is 7.73. The number of likely N-dealkylation sites (N-methyl/N-ethyl adjacent to an activating group) is 1. The Morgan fingerprint density at radius 3 is 2.62 bits per heavy atom. The van der Waals surface area contributed by atoms with E-state index in [1.54, 1.807) is 26.2 Å². The van der Waals surface area contributed by atoms with E-state index < -0.39 is 5.97 Å². The van der Waals surface area contributed by atoms with Crippen molar-refractivity contribution >= 4 is 12.3 Å². The molecule has 0 radical (unpaired) electrons. The molecule has 0 aromatic carbocycles. The highest BCUT2D eigenvalue weighted by Gasteiger charge is 1.97. The minimum atomic E-state index is -0.885. The fourth-order valence-corrected chi connectivity index (χ4v) is 0.674. The van der Waals surface area contributed by atoms with E-state index >= 15 is 0 Å². The van der Waals surface area contributed by atoms with E-state index in [0.29, 0.717) is 6.29 Å². The maximum atomic E-state index is 10.2. The van der Waals surface area contributed by atoms with Crippen LogP contribution in [-0.2, 0) is 9.59 Å². The van der Waals surface area contributed by atoms with Crippen LogP contribution in [0.1, 0.15) is 6.92 Å². The lowest BCUT2D eigenvalue weighted by Crippen LogP contribution is -2.20. The molecule has 0 saturated heterocycles. The summed E-state index contributed by atoms with van der Waals surface area (Å²) >= 11 is 0. The molecule has 0 amide bonds. The maximum absolute atomic E-state index is 10.2. The Hall–Kier alpha value is -1.58. The van der Waals surface area contributed by atoms with Gasteiger partial charge in [-0.15, -0.1) is 0 Å². The zero-order chi connectivity index (χ0) is 10.3. The summed E-state index contributed by atoms with van der Waals surface area (Å²) in [7, 11) is 1.65. The van der Waals surface area contributed by atoms with E-state index in [-0.39, 0.29) is 6.54 Å². The van der Waals surface area contributed by atoms with E-state index in [1.165, 1.54) is 11.0 Å². The van der Waals surface area contributed by atoms with Crippen molar-refractivity contribution < 1.29 is 14.7 Å². The highest BCUT2D eigenvalue weighted by Crippen LogP contribution is 1.94. The first kappa shape index (κ1) is 11.4. The molecule has 0 unspecified atom stereocenters. The van der Waals surface area contributed by atoms with Crippen molar-refractivity contribution in [1.29, 1.82) is 0 Å². The number of carbonyl (C=O) groups is 2. The first-order chi connectivity index (χ1) is 6.06. The zero-order valence-corrected chi connectivity index (χ0v) is 7.73. The number of nitrogens with zero attached hydrogens (tertiary/aromatic N) is 1. The van der Waals surface area contributed by atoms with Crippen molar-refractivity contribution in [3.05, 3.63) is 23.9 Å². The molecule has 0 fully saturated rings. The van der Waals surface area contributed by atoms with Crippen molar-refractivity contribution in [1.82, 2.24) is 4.90 Å². The van der Waals surface area contributed by atoms with Gasteiger partial charge in [0.15, 0.2) is 0 Å². The molecule has 0 rings (SSSR count). The van der Waals surface area contributed by atoms with Crippen molar-refractivity contribution in [2.75, 3.05) is 13.6 Å². The average Bonchev–Trinajstić information content (AvgIpc) is 2.00. The first-order valence-corrected chi connectivity index (χ1v) is 3.78. The summed E-state index contributed by atoms with van der Waals surface area (Å²) in [6.45, 7) is 1.71. The molecule has 0 aliphatic heterocycles. The molecule has 0 spiro atoms. The summed E-state index contributed by atoms with van der Waals surface area (Å²) < 4.78 is 0. The SMILES string of the molecule is CC(/C=C\N(C)CC(=O)O)=C/C=O. The molecule has 4 nitrogen and oxygen atoms in total. The molecule has 72 valence electrons. The number of carboxylic acids is 1. The van der Waals surface area contributed by atoms with Gasteiger partial charge in [0.05, 0.1) is 0 Å². The first-order valence-electron chi connectivity index (χ1n) is 3.78. The summed E-state index contributed by atoms with van der Waals surface area (Å²) in [5, 5.41) is 8.41. The van der Waals surface area contributed by atoms with Gasteiger partial charge in [-0.1, -0.05) is 0 Å². The Bertz CT molecular complexity index is 243. The smallest absolute Gasteiger partial charge is 0.323 e. The second kappa shape index (κ2) is 5.99. The standard InChI is InChI=1S/C9H13NO3/c1-8(4-6-11)3-5-10(2)7-9(12)13/h3-6H,7H2,1-2H3,(H,12,13)/b5-3-,8-4-. The number of allylic oxidation sites excluding steroid dienone is 3. The number of aliphatic carboxylic acids is 1. The maximum Gasteiger partial charge on any atom is 0.323 e. The quantitative estimate of drug-likeness (QED) is 0.386. The van der Waals surface area contributed by atoms with Crippen LogP contribution in [0, 0.1) is 0 Å². The number of carboxylic acid groups (broad SMARTS) is 1. The second-order valence-corrected chi connectivity index (χ2v) is 2.67. The topological polar surface area (TPSA) is 57.6 Å². The van der Waals surface area contributed by atoms with Gasteiger partial charge in [0.25, 0.3) is 0 Å². The van der Waals surface area contributed by atoms with Crippen molar-refractivity contribution in [3.8, 4) is 0 Å². The number of hydrogen-bond donors (Lipinski definition) is 1. The van der Waals surface area contributed by atoms with Crippen molar-refractivity contribution in [2.24, 2.45) is 0 Å². The third-order valence-corrected chi connectivity index (χ3v) is 1.31. The molecule has 0 aliphatic rings. The lowest BCUT2D eigenvalue weighted by molar-refractivity contribution is -0.137. The Morgan fingerprint density at radius 1 is 1.54 bits per heavy atom. The molecule has 0 aromatic rings. The van der Waals surface area contributed by atoms with Crippen molar-refractivity contribution in [3.63, 3.8) is 0 Å². The van der Waals surface area contributed by atoms with Crippen molar-refractivity contribution in [2.45, 2.75) is 6.92 Å².